The van der Waals surface area contributed by atoms with Crippen LogP contribution in [0.15, 0.2) is 72.9 Å². The number of halogens is 2. The van der Waals surface area contributed by atoms with Crippen LogP contribution in [-0.4, -0.2) is 61.4 Å². The third-order valence-electron chi connectivity index (χ3n) is 7.24. The van der Waals surface area contributed by atoms with Crippen LogP contribution in [0.2, 0.25) is 0 Å². The fourth-order valence-electron chi connectivity index (χ4n) is 5.00. The number of carbonyl (C=O) groups is 1. The van der Waals surface area contributed by atoms with Crippen LogP contribution in [0.3, 0.4) is 0 Å². The average Bonchev–Trinajstić information content (AvgIpc) is 3.06. The molecule has 0 unspecified atom stereocenters. The van der Waals surface area contributed by atoms with Crippen molar-refractivity contribution in [2.75, 3.05) is 50.7 Å². The maximum Gasteiger partial charge on any atom is 0.426 e. The van der Waals surface area contributed by atoms with Gasteiger partial charge in [0.25, 0.3) is 0 Å². The van der Waals surface area contributed by atoms with Gasteiger partial charge in [0.1, 0.15) is 34.6 Å². The molecule has 5 rings (SSSR count). The third kappa shape index (κ3) is 8.15. The monoisotopic (exact) mass is 619 g/mol. The molecule has 0 saturated carbocycles. The number of aromatic nitrogens is 2. The van der Waals surface area contributed by atoms with Crippen LogP contribution in [0.1, 0.15) is 25.7 Å². The minimum atomic E-state index is -1.13. The van der Waals surface area contributed by atoms with E-state index in [0.717, 1.165) is 35.7 Å². The molecule has 45 heavy (non-hydrogen) atoms. The number of ether oxygens (including phenoxy) is 4. The van der Waals surface area contributed by atoms with Gasteiger partial charge in [0, 0.05) is 30.6 Å². The minimum absolute atomic E-state index is 0.0218. The van der Waals surface area contributed by atoms with Gasteiger partial charge in [-0.05, 0) is 80.9 Å². The molecule has 0 bridgehead atoms. The lowest BCUT2D eigenvalue weighted by molar-refractivity contribution is 0.205. The van der Waals surface area contributed by atoms with E-state index in [2.05, 4.69) is 20.2 Å². The molecule has 1 aromatic heterocycles. The number of nitrogens with zero attached hydrogens (tertiary/aromatic N) is 4. The second-order valence-electron chi connectivity index (χ2n) is 10.3. The molecular formula is C33H35F2N5O5. The standard InChI is InChI=1S/C33H35F2N5O5/c1-42-25-14-15-28(29(22-25)43-2)40(31-26(34)8-6-9-27(31)35)33(41)45-30-16-17-36-32(38-30)37-23-10-12-24(13-11-23)44-21-7-20-39-18-4-3-5-19-39/h6,8-17,22H,3-5,7,18-21H2,1-2H3,(H,36,37,38). The molecule has 0 aliphatic carbocycles. The van der Waals surface area contributed by atoms with Crippen molar-refractivity contribution in [3.8, 4) is 23.1 Å². The molecule has 2 heterocycles. The van der Waals surface area contributed by atoms with Crippen molar-refractivity contribution in [3.05, 3.63) is 84.6 Å². The maximum absolute atomic E-state index is 15.0. The predicted molar refractivity (Wildman–Crippen MR) is 166 cm³/mol. The van der Waals surface area contributed by atoms with Crippen LogP contribution < -0.4 is 29.2 Å². The summed E-state index contributed by atoms with van der Waals surface area (Å²) in [5.74, 6) is -0.697. The first-order valence-electron chi connectivity index (χ1n) is 14.7. The Morgan fingerprint density at radius 3 is 2.38 bits per heavy atom. The average molecular weight is 620 g/mol. The fourth-order valence-corrected chi connectivity index (χ4v) is 5.00. The Bertz CT molecular complexity index is 1560. The number of carbonyl (C=O) groups excluding carboxylic acids is 1. The van der Waals surface area contributed by atoms with E-state index in [9.17, 15) is 13.6 Å². The van der Waals surface area contributed by atoms with Gasteiger partial charge in [0.2, 0.25) is 11.8 Å². The Labute approximate surface area is 260 Å². The number of para-hydroxylation sites is 1. The van der Waals surface area contributed by atoms with Crippen LogP contribution >= 0.6 is 0 Å². The zero-order chi connectivity index (χ0) is 31.6. The summed E-state index contributed by atoms with van der Waals surface area (Å²) >= 11 is 0. The lowest BCUT2D eigenvalue weighted by Gasteiger charge is -2.26. The van der Waals surface area contributed by atoms with Crippen molar-refractivity contribution in [1.29, 1.82) is 0 Å². The Morgan fingerprint density at radius 2 is 1.67 bits per heavy atom. The molecule has 4 aromatic rings. The topological polar surface area (TPSA) is 98.3 Å². The number of likely N-dealkylation sites (tertiary alicyclic amines) is 1. The van der Waals surface area contributed by atoms with Gasteiger partial charge in [-0.2, -0.15) is 4.98 Å². The molecule has 0 spiro atoms. The molecule has 0 atom stereocenters. The molecule has 0 radical (unpaired) electrons. The molecule has 3 aromatic carbocycles. The number of amides is 1. The van der Waals surface area contributed by atoms with Gasteiger partial charge < -0.3 is 29.2 Å². The summed E-state index contributed by atoms with van der Waals surface area (Å²) in [5.41, 5.74) is 0.0536. The van der Waals surface area contributed by atoms with E-state index in [0.29, 0.717) is 18.0 Å². The second-order valence-corrected chi connectivity index (χ2v) is 10.3. The number of benzene rings is 3. The molecular weight excluding hydrogens is 584 g/mol. The number of methoxy groups -OCH3 is 2. The minimum Gasteiger partial charge on any atom is -0.497 e. The summed E-state index contributed by atoms with van der Waals surface area (Å²) in [5, 5.41) is 3.05. The van der Waals surface area contributed by atoms with Gasteiger partial charge >= 0.3 is 6.09 Å². The highest BCUT2D eigenvalue weighted by atomic mass is 19.1. The Morgan fingerprint density at radius 1 is 0.933 bits per heavy atom. The number of hydrogen-bond donors (Lipinski definition) is 1. The molecule has 1 aliphatic rings. The lowest BCUT2D eigenvalue weighted by Crippen LogP contribution is -2.31. The van der Waals surface area contributed by atoms with Crippen molar-refractivity contribution in [2.45, 2.75) is 25.7 Å². The number of rotatable bonds is 12. The van der Waals surface area contributed by atoms with E-state index in [-0.39, 0.29) is 23.3 Å². The SMILES string of the molecule is COc1ccc(N(C(=O)Oc2ccnc(Nc3ccc(OCCCN4CCCCC4)cc3)n2)c2c(F)cccc2F)c(OC)c1. The van der Waals surface area contributed by atoms with Gasteiger partial charge in [-0.25, -0.2) is 23.5 Å². The quantitative estimate of drug-likeness (QED) is 0.166. The second kappa shape index (κ2) is 15.2. The van der Waals surface area contributed by atoms with Crippen molar-refractivity contribution in [1.82, 2.24) is 14.9 Å². The smallest absolute Gasteiger partial charge is 0.426 e. The van der Waals surface area contributed by atoms with Crippen molar-refractivity contribution < 1.29 is 32.5 Å². The number of anilines is 4. The normalized spacial score (nSPS) is 13.2. The van der Waals surface area contributed by atoms with E-state index >= 15 is 0 Å². The number of nitrogens with one attached hydrogen (secondary N) is 1. The summed E-state index contributed by atoms with van der Waals surface area (Å²) in [6.07, 6.45) is 5.09. The predicted octanol–water partition coefficient (Wildman–Crippen LogP) is 7.11. The first-order chi connectivity index (χ1) is 21.9. The molecule has 12 heteroatoms. The zero-order valence-corrected chi connectivity index (χ0v) is 25.2. The molecule has 1 amide bonds. The molecule has 1 aliphatic heterocycles. The summed E-state index contributed by atoms with van der Waals surface area (Å²) in [6, 6.07) is 16.4. The Balaban J connectivity index is 1.26. The van der Waals surface area contributed by atoms with Gasteiger partial charge in [-0.3, -0.25) is 0 Å². The van der Waals surface area contributed by atoms with E-state index in [1.165, 1.54) is 83.1 Å². The van der Waals surface area contributed by atoms with Crippen LogP contribution in [0.25, 0.3) is 0 Å². The fraction of sp³-hybridized carbons (Fsp3) is 0.303. The van der Waals surface area contributed by atoms with Crippen LogP contribution in [0.5, 0.6) is 23.1 Å². The first-order valence-corrected chi connectivity index (χ1v) is 14.7. The summed E-state index contributed by atoms with van der Waals surface area (Å²) in [7, 11) is 2.81. The van der Waals surface area contributed by atoms with Gasteiger partial charge in [-0.1, -0.05) is 12.5 Å². The highest BCUT2D eigenvalue weighted by Gasteiger charge is 2.29. The molecule has 1 N–H and O–H groups in total. The maximum atomic E-state index is 15.0. The molecule has 1 saturated heterocycles. The summed E-state index contributed by atoms with van der Waals surface area (Å²) < 4.78 is 51.9. The van der Waals surface area contributed by atoms with Gasteiger partial charge in [0.15, 0.2) is 0 Å². The van der Waals surface area contributed by atoms with E-state index in [1.807, 2.05) is 24.3 Å². The number of piperidine rings is 1. The van der Waals surface area contributed by atoms with Gasteiger partial charge in [-0.15, -0.1) is 0 Å². The van der Waals surface area contributed by atoms with E-state index in [4.69, 9.17) is 18.9 Å². The van der Waals surface area contributed by atoms with Crippen LogP contribution in [0, 0.1) is 11.6 Å². The third-order valence-corrected chi connectivity index (χ3v) is 7.24. The lowest BCUT2D eigenvalue weighted by atomic mass is 10.1. The largest absolute Gasteiger partial charge is 0.497 e. The molecule has 236 valence electrons. The molecule has 10 nitrogen and oxygen atoms in total. The molecule has 1 fully saturated rings. The van der Waals surface area contributed by atoms with Crippen molar-refractivity contribution in [2.24, 2.45) is 0 Å². The van der Waals surface area contributed by atoms with E-state index < -0.39 is 23.4 Å². The summed E-state index contributed by atoms with van der Waals surface area (Å²) in [4.78, 5) is 25.2. The van der Waals surface area contributed by atoms with E-state index in [1.54, 1.807) is 0 Å². The van der Waals surface area contributed by atoms with Gasteiger partial charge in [0.05, 0.1) is 26.5 Å². The Kier molecular flexibility index (Phi) is 10.6. The first kappa shape index (κ1) is 31.5. The Hall–Kier alpha value is -4.97. The van der Waals surface area contributed by atoms with Crippen molar-refractivity contribution in [3.63, 3.8) is 0 Å². The van der Waals surface area contributed by atoms with Crippen molar-refractivity contribution >= 4 is 29.1 Å². The number of hydrogen-bond acceptors (Lipinski definition) is 9. The highest BCUT2D eigenvalue weighted by molar-refractivity contribution is 5.99. The zero-order valence-electron chi connectivity index (χ0n) is 25.2. The highest BCUT2D eigenvalue weighted by Crippen LogP contribution is 2.39. The van der Waals surface area contributed by atoms with Crippen LogP contribution in [0.4, 0.5) is 36.6 Å². The summed E-state index contributed by atoms with van der Waals surface area (Å²) in [6.45, 7) is 4.01. The van der Waals surface area contributed by atoms with Crippen LogP contribution in [-0.2, 0) is 0 Å².